The van der Waals surface area contributed by atoms with Crippen molar-refractivity contribution >= 4 is 29.0 Å². The number of nitrogens with zero attached hydrogens (tertiary/aromatic N) is 2. The first kappa shape index (κ1) is 20.1. The van der Waals surface area contributed by atoms with Crippen molar-refractivity contribution in [3.8, 4) is 0 Å². The molecule has 6 N–H and O–H groups in total. The smallest absolute Gasteiger partial charge is 0.232 e. The molecule has 5 rings (SSSR count). The first-order valence-corrected chi connectivity index (χ1v) is 11.1. The molecule has 0 bridgehead atoms. The van der Waals surface area contributed by atoms with Crippen molar-refractivity contribution in [3.63, 3.8) is 0 Å². The number of nitrogens with one attached hydrogen (secondary N) is 3. The zero-order valence-corrected chi connectivity index (χ0v) is 17.8. The molecule has 164 valence electrons. The molecular formula is C23H30N6O2. The molecule has 2 heterocycles. The van der Waals surface area contributed by atoms with E-state index in [0.717, 1.165) is 43.5 Å². The molecule has 1 aromatic carbocycles. The highest BCUT2D eigenvalue weighted by Crippen LogP contribution is 2.62. The van der Waals surface area contributed by atoms with Crippen LogP contribution in [0.1, 0.15) is 50.5 Å². The van der Waals surface area contributed by atoms with Gasteiger partial charge in [0, 0.05) is 18.8 Å². The number of anilines is 4. The van der Waals surface area contributed by atoms with E-state index in [-0.39, 0.29) is 11.8 Å². The van der Waals surface area contributed by atoms with Crippen molar-refractivity contribution in [3.05, 3.63) is 36.0 Å². The van der Waals surface area contributed by atoms with Gasteiger partial charge in [-0.25, -0.2) is 4.98 Å². The maximum atomic E-state index is 12.3. The van der Waals surface area contributed by atoms with Gasteiger partial charge in [-0.3, -0.25) is 4.79 Å². The average molecular weight is 423 g/mol. The number of benzene rings is 1. The Hall–Kier alpha value is -2.87. The van der Waals surface area contributed by atoms with Gasteiger partial charge in [0.25, 0.3) is 0 Å². The summed E-state index contributed by atoms with van der Waals surface area (Å²) in [6.07, 6.45) is 6.41. The summed E-state index contributed by atoms with van der Waals surface area (Å²) in [4.78, 5) is 21.1. The van der Waals surface area contributed by atoms with E-state index in [9.17, 15) is 9.90 Å². The monoisotopic (exact) mass is 422 g/mol. The summed E-state index contributed by atoms with van der Waals surface area (Å²) in [6.45, 7) is 3.34. The van der Waals surface area contributed by atoms with Crippen LogP contribution in [-0.2, 0) is 4.79 Å². The number of nitrogens with two attached hydrogens (primary N) is 1. The van der Waals surface area contributed by atoms with Crippen LogP contribution in [0.5, 0.6) is 0 Å². The zero-order chi connectivity index (χ0) is 21.6. The molecule has 2 saturated carbocycles. The molecule has 31 heavy (non-hydrogen) atoms. The normalized spacial score (nSPS) is 30.8. The predicted octanol–water partition coefficient (Wildman–Crippen LogP) is 2.95. The lowest BCUT2D eigenvalue weighted by Gasteiger charge is -2.60. The fourth-order valence-corrected chi connectivity index (χ4v) is 5.91. The summed E-state index contributed by atoms with van der Waals surface area (Å²) in [7, 11) is 0. The standard InChI is InChI=1S/C23H30N6O2/c1-22(31)12-23(13-22)8-14(9-23)10-26-19-17(24)11-27-21(29-19)25-7-6-16-15-4-2-3-5-18(15)28-20(16)30/h2-5,11,14,16,31H,6-10,12-13,24H2,1H3,(H,28,30)(H2,25,26,27,29). The van der Waals surface area contributed by atoms with Gasteiger partial charge in [-0.1, -0.05) is 18.2 Å². The van der Waals surface area contributed by atoms with Gasteiger partial charge >= 0.3 is 0 Å². The number of rotatable bonds is 7. The van der Waals surface area contributed by atoms with Crippen LogP contribution in [0.15, 0.2) is 30.5 Å². The molecule has 8 heteroatoms. The molecule has 2 aromatic rings. The van der Waals surface area contributed by atoms with Crippen LogP contribution >= 0.6 is 0 Å². The zero-order valence-electron chi connectivity index (χ0n) is 17.8. The van der Waals surface area contributed by atoms with E-state index in [1.165, 1.54) is 0 Å². The Bertz CT molecular complexity index is 991. The topological polar surface area (TPSA) is 125 Å². The number of hydrogen-bond acceptors (Lipinski definition) is 7. The number of aromatic nitrogens is 2. The van der Waals surface area contributed by atoms with Gasteiger partial charge in [0.05, 0.1) is 23.4 Å². The Morgan fingerprint density at radius 3 is 2.81 bits per heavy atom. The average Bonchev–Trinajstić information content (AvgIpc) is 3.00. The molecule has 1 unspecified atom stereocenters. The van der Waals surface area contributed by atoms with Gasteiger partial charge in [0.2, 0.25) is 11.9 Å². The van der Waals surface area contributed by atoms with Crippen molar-refractivity contribution in [1.29, 1.82) is 0 Å². The number of nitrogen functional groups attached to an aromatic ring is 1. The molecule has 1 amide bonds. The van der Waals surface area contributed by atoms with E-state index in [4.69, 9.17) is 5.73 Å². The maximum absolute atomic E-state index is 12.3. The summed E-state index contributed by atoms with van der Waals surface area (Å²) < 4.78 is 0. The minimum atomic E-state index is -0.461. The lowest BCUT2D eigenvalue weighted by Crippen LogP contribution is -2.57. The lowest BCUT2D eigenvalue weighted by atomic mass is 9.47. The van der Waals surface area contributed by atoms with Crippen molar-refractivity contribution in [1.82, 2.24) is 9.97 Å². The van der Waals surface area contributed by atoms with Gasteiger partial charge in [0.1, 0.15) is 0 Å². The quantitative estimate of drug-likeness (QED) is 0.464. The van der Waals surface area contributed by atoms with Gasteiger partial charge < -0.3 is 26.8 Å². The third kappa shape index (κ3) is 3.92. The summed E-state index contributed by atoms with van der Waals surface area (Å²) in [5, 5.41) is 19.5. The Labute approximate surface area is 182 Å². The minimum Gasteiger partial charge on any atom is -0.394 e. The SMILES string of the molecule is CC1(O)CC2(CC(CNc3nc(NCCC4C(=O)Nc5ccccc54)ncc3N)C2)C1. The van der Waals surface area contributed by atoms with Crippen LogP contribution in [0, 0.1) is 11.3 Å². The van der Waals surface area contributed by atoms with Gasteiger partial charge in [0.15, 0.2) is 5.82 Å². The number of amides is 1. The molecule has 1 aromatic heterocycles. The minimum absolute atomic E-state index is 0.0369. The fourth-order valence-electron chi connectivity index (χ4n) is 5.91. The van der Waals surface area contributed by atoms with Crippen LogP contribution in [0.2, 0.25) is 0 Å². The Kier molecular flexibility index (Phi) is 4.77. The number of hydrogen-bond donors (Lipinski definition) is 5. The number of aliphatic hydroxyl groups is 1. The first-order valence-electron chi connectivity index (χ1n) is 11.1. The predicted molar refractivity (Wildman–Crippen MR) is 121 cm³/mol. The van der Waals surface area contributed by atoms with E-state index >= 15 is 0 Å². The Morgan fingerprint density at radius 1 is 1.26 bits per heavy atom. The molecule has 1 atom stereocenters. The van der Waals surface area contributed by atoms with Crippen LogP contribution < -0.4 is 21.7 Å². The summed E-state index contributed by atoms with van der Waals surface area (Å²) >= 11 is 0. The number of para-hydroxylation sites is 1. The molecule has 0 saturated heterocycles. The maximum Gasteiger partial charge on any atom is 0.232 e. The van der Waals surface area contributed by atoms with Crippen molar-refractivity contribution in [2.45, 2.75) is 50.5 Å². The first-order chi connectivity index (χ1) is 14.8. The van der Waals surface area contributed by atoms with E-state index in [1.54, 1.807) is 6.20 Å². The van der Waals surface area contributed by atoms with Crippen LogP contribution in [-0.4, -0.2) is 39.7 Å². The summed E-state index contributed by atoms with van der Waals surface area (Å²) in [5.41, 5.74) is 8.43. The molecule has 8 nitrogen and oxygen atoms in total. The Balaban J connectivity index is 1.12. The van der Waals surface area contributed by atoms with E-state index < -0.39 is 5.60 Å². The van der Waals surface area contributed by atoms with Crippen molar-refractivity contribution < 1.29 is 9.90 Å². The molecule has 1 aliphatic heterocycles. The van der Waals surface area contributed by atoms with Gasteiger partial charge in [-0.05, 0) is 62.0 Å². The van der Waals surface area contributed by atoms with Gasteiger partial charge in [-0.15, -0.1) is 0 Å². The fraction of sp³-hybridized carbons (Fsp3) is 0.522. The second-order valence-corrected chi connectivity index (χ2v) is 9.85. The molecule has 1 spiro atoms. The highest BCUT2D eigenvalue weighted by atomic mass is 16.3. The third-order valence-corrected chi connectivity index (χ3v) is 6.96. The van der Waals surface area contributed by atoms with Crippen LogP contribution in [0.3, 0.4) is 0 Å². The summed E-state index contributed by atoms with van der Waals surface area (Å²) in [5.74, 6) is 1.61. The second-order valence-electron chi connectivity index (χ2n) is 9.85. The number of carbonyl (C=O) groups is 1. The number of fused-ring (bicyclic) bond motifs is 1. The largest absolute Gasteiger partial charge is 0.394 e. The van der Waals surface area contributed by atoms with Gasteiger partial charge in [-0.2, -0.15) is 4.98 Å². The number of carbonyl (C=O) groups excluding carboxylic acids is 1. The van der Waals surface area contributed by atoms with Crippen molar-refractivity contribution in [2.75, 3.05) is 34.8 Å². The van der Waals surface area contributed by atoms with Crippen LogP contribution in [0.4, 0.5) is 23.1 Å². The van der Waals surface area contributed by atoms with Crippen molar-refractivity contribution in [2.24, 2.45) is 11.3 Å². The molecule has 2 aliphatic carbocycles. The molecule has 3 aliphatic rings. The van der Waals surface area contributed by atoms with E-state index in [1.807, 2.05) is 31.2 Å². The highest BCUT2D eigenvalue weighted by Gasteiger charge is 2.57. The van der Waals surface area contributed by atoms with E-state index in [0.29, 0.717) is 41.8 Å². The lowest BCUT2D eigenvalue weighted by molar-refractivity contribution is -0.168. The third-order valence-electron chi connectivity index (χ3n) is 6.96. The highest BCUT2D eigenvalue weighted by molar-refractivity contribution is 6.02. The molecule has 2 fully saturated rings. The van der Waals surface area contributed by atoms with E-state index in [2.05, 4.69) is 25.9 Å². The van der Waals surface area contributed by atoms with Crippen LogP contribution in [0.25, 0.3) is 0 Å². The summed E-state index contributed by atoms with van der Waals surface area (Å²) in [6, 6.07) is 7.81. The molecular weight excluding hydrogens is 392 g/mol. The second kappa shape index (κ2) is 7.37. The molecule has 0 radical (unpaired) electrons. The Morgan fingerprint density at radius 2 is 2.03 bits per heavy atom.